The van der Waals surface area contributed by atoms with Gasteiger partial charge in [-0.3, -0.25) is 0 Å². The molecule has 2 atom stereocenters. The molecule has 6 aromatic rings. The van der Waals surface area contributed by atoms with Gasteiger partial charge in [0.25, 0.3) is 0 Å². The number of rotatable bonds is 8. The third-order valence-corrected chi connectivity index (χ3v) is 10.5. The molecule has 5 nitrogen and oxygen atoms in total. The van der Waals surface area contributed by atoms with Gasteiger partial charge in [0.1, 0.15) is 26.4 Å². The Bertz CT molecular complexity index is 2250. The molecule has 0 fully saturated rings. The molecule has 6 heteroatoms. The predicted molar refractivity (Wildman–Crippen MR) is 199 cm³/mol. The van der Waals surface area contributed by atoms with Crippen molar-refractivity contribution in [3.05, 3.63) is 162 Å². The second kappa shape index (κ2) is 13.1. The summed E-state index contributed by atoms with van der Waals surface area (Å²) in [5, 5.41) is 2.41. The minimum absolute atomic E-state index is 0.172. The Labute approximate surface area is 289 Å². The molecule has 1 aliphatic heterocycles. The van der Waals surface area contributed by atoms with E-state index in [1.54, 1.807) is 18.2 Å². The Morgan fingerprint density at radius 1 is 0.653 bits per heavy atom. The number of hydrogen-bond acceptors (Lipinski definition) is 4. The van der Waals surface area contributed by atoms with Crippen molar-refractivity contribution in [3.8, 4) is 11.1 Å². The molecule has 0 N–H and O–H groups in total. The molecule has 0 aromatic heterocycles. The van der Waals surface area contributed by atoms with Gasteiger partial charge >= 0.3 is 0 Å². The van der Waals surface area contributed by atoms with Gasteiger partial charge in [-0.15, -0.1) is 0 Å². The van der Waals surface area contributed by atoms with Crippen molar-refractivity contribution in [2.24, 2.45) is 0 Å². The van der Waals surface area contributed by atoms with E-state index in [-0.39, 0.29) is 28.8 Å². The minimum Gasteiger partial charge on any atom is -0.744 e. The lowest BCUT2D eigenvalue weighted by molar-refractivity contribution is -0.482. The highest BCUT2D eigenvalue weighted by Gasteiger charge is 2.48. The lowest BCUT2D eigenvalue weighted by Crippen LogP contribution is -2.27. The maximum Gasteiger partial charge on any atom is 0.245 e. The number of para-hydroxylation sites is 1. The van der Waals surface area contributed by atoms with Crippen molar-refractivity contribution in [2.75, 3.05) is 4.90 Å². The average molecular weight is 665 g/mol. The van der Waals surface area contributed by atoms with Crippen LogP contribution < -0.4 is 4.90 Å². The number of nitrogens with zero attached hydrogens (tertiary/aromatic N) is 2. The fourth-order valence-electron chi connectivity index (χ4n) is 7.35. The summed E-state index contributed by atoms with van der Waals surface area (Å²) in [5.41, 5.74) is 8.32. The Morgan fingerprint density at radius 2 is 1.20 bits per heavy atom. The van der Waals surface area contributed by atoms with Crippen LogP contribution in [-0.4, -0.2) is 23.9 Å². The molecule has 0 radical (unpaired) electrons. The zero-order chi connectivity index (χ0) is 34.3. The van der Waals surface area contributed by atoms with Gasteiger partial charge in [-0.1, -0.05) is 143 Å². The van der Waals surface area contributed by atoms with Crippen LogP contribution in [0.5, 0.6) is 0 Å². The fourth-order valence-corrected chi connectivity index (χ4v) is 8.02. The van der Waals surface area contributed by atoms with Gasteiger partial charge < -0.3 is 4.55 Å². The Morgan fingerprint density at radius 3 is 1.84 bits per heavy atom. The first-order valence-corrected chi connectivity index (χ1v) is 18.3. The van der Waals surface area contributed by atoms with Crippen LogP contribution in [0.15, 0.2) is 144 Å². The van der Waals surface area contributed by atoms with E-state index in [0.717, 1.165) is 16.8 Å². The van der Waals surface area contributed by atoms with Crippen LogP contribution in [0.1, 0.15) is 73.9 Å². The van der Waals surface area contributed by atoms with E-state index >= 15 is 0 Å². The Kier molecular flexibility index (Phi) is 8.70. The lowest BCUT2D eigenvalue weighted by atomic mass is 9.85. The Balaban J connectivity index is 1.55. The average Bonchev–Trinajstić information content (AvgIpc) is 3.51. The molecular weight excluding hydrogens is 625 g/mol. The van der Waals surface area contributed by atoms with Crippen molar-refractivity contribution in [3.63, 3.8) is 0 Å². The summed E-state index contributed by atoms with van der Waals surface area (Å²) < 4.78 is 40.4. The smallest absolute Gasteiger partial charge is 0.245 e. The summed E-state index contributed by atoms with van der Waals surface area (Å²) in [6.07, 6.45) is 2.03. The molecule has 1 aliphatic rings. The van der Waals surface area contributed by atoms with E-state index in [9.17, 15) is 13.0 Å². The molecule has 0 unspecified atom stereocenters. The third-order valence-electron chi connectivity index (χ3n) is 9.61. The normalized spacial score (nSPS) is 16.5. The van der Waals surface area contributed by atoms with Gasteiger partial charge in [-0.05, 0) is 58.0 Å². The molecule has 0 bridgehead atoms. The first kappa shape index (κ1) is 32.5. The van der Waals surface area contributed by atoms with Crippen molar-refractivity contribution < 1.29 is 17.5 Å². The van der Waals surface area contributed by atoms with Gasteiger partial charge in [0, 0.05) is 22.3 Å². The summed E-state index contributed by atoms with van der Waals surface area (Å²) in [6, 6.07) is 46.1. The molecule has 0 amide bonds. The highest BCUT2D eigenvalue weighted by molar-refractivity contribution is 7.86. The van der Waals surface area contributed by atoms with E-state index in [1.165, 1.54) is 39.1 Å². The van der Waals surface area contributed by atoms with Gasteiger partial charge in [-0.25, -0.2) is 17.9 Å². The highest BCUT2D eigenvalue weighted by Crippen LogP contribution is 2.50. The van der Waals surface area contributed by atoms with Crippen LogP contribution in [-0.2, 0) is 10.1 Å². The molecule has 0 saturated carbocycles. The van der Waals surface area contributed by atoms with Crippen LogP contribution in [0.25, 0.3) is 21.9 Å². The molecule has 7 rings (SSSR count). The zero-order valence-corrected chi connectivity index (χ0v) is 29.0. The first-order chi connectivity index (χ1) is 23.6. The number of fused-ring (bicyclic) bond motifs is 1. The molecule has 0 aliphatic carbocycles. The molecule has 6 aromatic carbocycles. The van der Waals surface area contributed by atoms with Crippen LogP contribution in [0.2, 0.25) is 0 Å². The number of anilines is 1. The van der Waals surface area contributed by atoms with Crippen LogP contribution >= 0.6 is 0 Å². The molecular formula is C43H40N2O3S. The summed E-state index contributed by atoms with van der Waals surface area (Å²) >= 11 is 0. The predicted octanol–water partition coefficient (Wildman–Crippen LogP) is 10.3. The van der Waals surface area contributed by atoms with Gasteiger partial charge in [0.05, 0.1) is 0 Å². The standard InChI is InChI=1S/C43H40N2O3S/c1-29(2)37-26-34(36-23-15-21-31-16-11-12-22-35(31)36)27-38(30(3)4)43(37)45-28-44(39-24-13-14-25-40(39)49(46,47)48)41(32-17-7-5-8-18-32)42(45)33-19-9-6-10-20-33/h5-30,41-42H,1-4H3/t41-,42-/m0/s1. The number of benzene rings is 6. The topological polar surface area (TPSA) is 63.5 Å². The quantitative estimate of drug-likeness (QED) is 0.120. The largest absolute Gasteiger partial charge is 0.744 e. The summed E-state index contributed by atoms with van der Waals surface area (Å²) in [6.45, 7) is 8.93. The second-order valence-corrected chi connectivity index (χ2v) is 14.8. The van der Waals surface area contributed by atoms with Gasteiger partial charge in [0.15, 0.2) is 12.1 Å². The lowest BCUT2D eigenvalue weighted by Gasteiger charge is -2.27. The van der Waals surface area contributed by atoms with Crippen LogP contribution in [0.4, 0.5) is 11.4 Å². The molecule has 1 heterocycles. The zero-order valence-electron chi connectivity index (χ0n) is 28.2. The highest BCUT2D eigenvalue weighted by atomic mass is 32.2. The van der Waals surface area contributed by atoms with E-state index in [1.807, 2.05) is 47.6 Å². The first-order valence-electron chi connectivity index (χ1n) is 16.9. The SMILES string of the molecule is CC(C)c1cc(-c2cccc3ccccc23)cc(C(C)C)c1[N+]1=CN(c2ccccc2S(=O)(=O)[O-])[C@@H](c2ccccc2)[C@@H]1c1ccccc1. The monoisotopic (exact) mass is 664 g/mol. The third kappa shape index (κ3) is 6.07. The van der Waals surface area contributed by atoms with E-state index in [4.69, 9.17) is 0 Å². The van der Waals surface area contributed by atoms with E-state index in [2.05, 4.69) is 111 Å². The Hall–Kier alpha value is -5.04. The fraction of sp³-hybridized carbons (Fsp3) is 0.186. The molecule has 49 heavy (non-hydrogen) atoms. The van der Waals surface area contributed by atoms with E-state index < -0.39 is 10.1 Å². The van der Waals surface area contributed by atoms with Crippen molar-refractivity contribution in [1.29, 1.82) is 0 Å². The maximum absolute atomic E-state index is 12.7. The van der Waals surface area contributed by atoms with Crippen LogP contribution in [0.3, 0.4) is 0 Å². The summed E-state index contributed by atoms with van der Waals surface area (Å²) in [4.78, 5) is 1.75. The molecule has 0 saturated heterocycles. The van der Waals surface area contributed by atoms with Crippen molar-refractivity contribution >= 4 is 38.6 Å². The van der Waals surface area contributed by atoms with Crippen molar-refractivity contribution in [2.45, 2.75) is 56.5 Å². The molecule has 0 spiro atoms. The molecule has 246 valence electrons. The van der Waals surface area contributed by atoms with Gasteiger partial charge in [-0.2, -0.15) is 0 Å². The van der Waals surface area contributed by atoms with Crippen LogP contribution in [0, 0.1) is 0 Å². The van der Waals surface area contributed by atoms with Gasteiger partial charge in [0.2, 0.25) is 6.34 Å². The second-order valence-electron chi connectivity index (χ2n) is 13.4. The van der Waals surface area contributed by atoms with Crippen molar-refractivity contribution in [1.82, 2.24) is 0 Å². The summed E-state index contributed by atoms with van der Waals surface area (Å²) in [7, 11) is -4.77. The van der Waals surface area contributed by atoms with E-state index in [0.29, 0.717) is 5.69 Å². The number of hydrogen-bond donors (Lipinski definition) is 0. The maximum atomic E-state index is 12.7. The minimum atomic E-state index is -4.77. The summed E-state index contributed by atoms with van der Waals surface area (Å²) in [5.74, 6) is 0.344.